The van der Waals surface area contributed by atoms with Gasteiger partial charge in [0.25, 0.3) is 0 Å². The molecule has 0 heterocycles. The van der Waals surface area contributed by atoms with Crippen LogP contribution < -0.4 is 5.32 Å². The topological polar surface area (TPSA) is 12.0 Å². The van der Waals surface area contributed by atoms with Crippen LogP contribution in [0.2, 0.25) is 15.1 Å². The van der Waals surface area contributed by atoms with Gasteiger partial charge in [0, 0.05) is 23.2 Å². The molecular weight excluding hydrogens is 289 g/mol. The SMILES string of the molecule is CC1CCC(NCc2c(Cl)ccc(Cl)c2Cl)CC1. The molecule has 0 atom stereocenters. The lowest BCUT2D eigenvalue weighted by atomic mass is 9.87. The minimum atomic E-state index is 0.565. The predicted octanol–water partition coefficient (Wildman–Crippen LogP) is 5.32. The van der Waals surface area contributed by atoms with Gasteiger partial charge in [-0.05, 0) is 43.7 Å². The first kappa shape index (κ1) is 14.5. The van der Waals surface area contributed by atoms with Crippen LogP contribution in [-0.2, 0) is 6.54 Å². The third-order valence-electron chi connectivity index (χ3n) is 3.72. The fourth-order valence-electron chi connectivity index (χ4n) is 2.44. The largest absolute Gasteiger partial charge is 0.310 e. The second-order valence-electron chi connectivity index (χ2n) is 5.16. The summed E-state index contributed by atoms with van der Waals surface area (Å²) in [5, 5.41) is 5.36. The molecule has 0 spiro atoms. The molecule has 1 fully saturated rings. The number of halogens is 3. The Bertz CT molecular complexity index is 412. The Morgan fingerprint density at radius 2 is 1.67 bits per heavy atom. The van der Waals surface area contributed by atoms with E-state index >= 15 is 0 Å². The van der Waals surface area contributed by atoms with Gasteiger partial charge in [0.2, 0.25) is 0 Å². The summed E-state index contributed by atoms with van der Waals surface area (Å²) in [5.74, 6) is 0.862. The maximum atomic E-state index is 6.18. The zero-order valence-electron chi connectivity index (χ0n) is 10.5. The monoisotopic (exact) mass is 305 g/mol. The van der Waals surface area contributed by atoms with Crippen LogP contribution in [0.5, 0.6) is 0 Å². The van der Waals surface area contributed by atoms with Gasteiger partial charge in [-0.15, -0.1) is 0 Å². The van der Waals surface area contributed by atoms with E-state index in [0.717, 1.165) is 11.5 Å². The van der Waals surface area contributed by atoms with E-state index in [0.29, 0.717) is 27.7 Å². The van der Waals surface area contributed by atoms with Crippen molar-refractivity contribution in [2.75, 3.05) is 0 Å². The minimum Gasteiger partial charge on any atom is -0.310 e. The normalized spacial score (nSPS) is 24.2. The van der Waals surface area contributed by atoms with Crippen molar-refractivity contribution < 1.29 is 0 Å². The maximum absolute atomic E-state index is 6.18. The fraction of sp³-hybridized carbons (Fsp3) is 0.571. The lowest BCUT2D eigenvalue weighted by Gasteiger charge is -2.27. The first-order valence-electron chi connectivity index (χ1n) is 6.43. The van der Waals surface area contributed by atoms with E-state index in [1.54, 1.807) is 12.1 Å². The molecule has 1 aliphatic rings. The Morgan fingerprint density at radius 3 is 2.33 bits per heavy atom. The molecule has 1 aromatic carbocycles. The van der Waals surface area contributed by atoms with Gasteiger partial charge in [-0.1, -0.05) is 41.7 Å². The Hall–Kier alpha value is 0.0500. The molecule has 0 aromatic heterocycles. The molecule has 1 aromatic rings. The van der Waals surface area contributed by atoms with Gasteiger partial charge >= 0.3 is 0 Å². The minimum absolute atomic E-state index is 0.565. The molecule has 0 saturated heterocycles. The van der Waals surface area contributed by atoms with Gasteiger partial charge in [-0.25, -0.2) is 0 Å². The van der Waals surface area contributed by atoms with E-state index in [2.05, 4.69) is 12.2 Å². The summed E-state index contributed by atoms with van der Waals surface area (Å²) in [6.45, 7) is 3.01. The van der Waals surface area contributed by atoms with Crippen molar-refractivity contribution in [1.82, 2.24) is 5.32 Å². The van der Waals surface area contributed by atoms with E-state index in [1.807, 2.05) is 0 Å². The van der Waals surface area contributed by atoms with Crippen molar-refractivity contribution in [2.45, 2.75) is 45.2 Å². The average Bonchev–Trinajstić information content (AvgIpc) is 2.36. The molecule has 100 valence electrons. The average molecular weight is 307 g/mol. The number of rotatable bonds is 3. The summed E-state index contributed by atoms with van der Waals surface area (Å²) in [5.41, 5.74) is 0.907. The highest BCUT2D eigenvalue weighted by Crippen LogP contribution is 2.32. The van der Waals surface area contributed by atoms with Crippen LogP contribution in [0, 0.1) is 5.92 Å². The molecular formula is C14H18Cl3N. The highest BCUT2D eigenvalue weighted by molar-refractivity contribution is 6.44. The Balaban J connectivity index is 1.96. The molecule has 0 radical (unpaired) electrons. The van der Waals surface area contributed by atoms with E-state index in [1.165, 1.54) is 25.7 Å². The van der Waals surface area contributed by atoms with Gasteiger partial charge in [0.15, 0.2) is 0 Å². The van der Waals surface area contributed by atoms with Crippen molar-refractivity contribution in [1.29, 1.82) is 0 Å². The van der Waals surface area contributed by atoms with E-state index in [9.17, 15) is 0 Å². The second-order valence-corrected chi connectivity index (χ2v) is 6.35. The van der Waals surface area contributed by atoms with E-state index < -0.39 is 0 Å². The van der Waals surface area contributed by atoms with Crippen molar-refractivity contribution in [2.24, 2.45) is 5.92 Å². The highest BCUT2D eigenvalue weighted by atomic mass is 35.5. The Labute approximate surface area is 124 Å². The van der Waals surface area contributed by atoms with Gasteiger partial charge in [0.1, 0.15) is 0 Å². The summed E-state index contributed by atoms with van der Waals surface area (Å²) in [6.07, 6.45) is 5.07. The van der Waals surface area contributed by atoms with Gasteiger partial charge in [-0.3, -0.25) is 0 Å². The molecule has 4 heteroatoms. The van der Waals surface area contributed by atoms with Crippen molar-refractivity contribution in [3.63, 3.8) is 0 Å². The maximum Gasteiger partial charge on any atom is 0.0652 e. The third kappa shape index (κ3) is 3.54. The summed E-state index contributed by atoms with van der Waals surface area (Å²) < 4.78 is 0. The van der Waals surface area contributed by atoms with Crippen LogP contribution in [0.4, 0.5) is 0 Å². The summed E-state index contributed by atoms with van der Waals surface area (Å²) in [6, 6.07) is 4.11. The van der Waals surface area contributed by atoms with Crippen molar-refractivity contribution in [3.8, 4) is 0 Å². The summed E-state index contributed by atoms with van der Waals surface area (Å²) >= 11 is 18.4. The van der Waals surface area contributed by atoms with Gasteiger partial charge < -0.3 is 5.32 Å². The molecule has 0 bridgehead atoms. The van der Waals surface area contributed by atoms with Crippen molar-refractivity contribution in [3.05, 3.63) is 32.8 Å². The third-order valence-corrected chi connectivity index (χ3v) is 4.92. The standard InChI is InChI=1S/C14H18Cl3N/c1-9-2-4-10(5-3-9)18-8-11-12(15)6-7-13(16)14(11)17/h6-7,9-10,18H,2-5,8H2,1H3. The number of hydrogen-bond donors (Lipinski definition) is 1. The van der Waals surface area contributed by atoms with Crippen LogP contribution in [0.3, 0.4) is 0 Å². The molecule has 0 aliphatic heterocycles. The molecule has 1 saturated carbocycles. The molecule has 0 amide bonds. The summed E-state index contributed by atoms with van der Waals surface area (Å²) in [7, 11) is 0. The number of nitrogens with one attached hydrogen (secondary N) is 1. The predicted molar refractivity (Wildman–Crippen MR) is 79.7 cm³/mol. The van der Waals surface area contributed by atoms with Crippen LogP contribution in [0.1, 0.15) is 38.2 Å². The number of benzene rings is 1. The van der Waals surface area contributed by atoms with Crippen LogP contribution in [0.25, 0.3) is 0 Å². The number of hydrogen-bond acceptors (Lipinski definition) is 1. The zero-order chi connectivity index (χ0) is 13.1. The zero-order valence-corrected chi connectivity index (χ0v) is 12.7. The van der Waals surface area contributed by atoms with Gasteiger partial charge in [0.05, 0.1) is 10.0 Å². The van der Waals surface area contributed by atoms with E-state index in [-0.39, 0.29) is 0 Å². The highest BCUT2D eigenvalue weighted by Gasteiger charge is 2.18. The Morgan fingerprint density at radius 1 is 1.06 bits per heavy atom. The molecule has 1 aliphatic carbocycles. The second kappa shape index (κ2) is 6.47. The first-order chi connectivity index (χ1) is 8.58. The first-order valence-corrected chi connectivity index (χ1v) is 7.57. The molecule has 1 nitrogen and oxygen atoms in total. The smallest absolute Gasteiger partial charge is 0.0652 e. The molecule has 1 N–H and O–H groups in total. The van der Waals surface area contributed by atoms with Crippen molar-refractivity contribution >= 4 is 34.8 Å². The quantitative estimate of drug-likeness (QED) is 0.746. The molecule has 18 heavy (non-hydrogen) atoms. The lowest BCUT2D eigenvalue weighted by Crippen LogP contribution is -2.32. The lowest BCUT2D eigenvalue weighted by molar-refractivity contribution is 0.306. The molecule has 0 unspecified atom stereocenters. The Kier molecular flexibility index (Phi) is 5.20. The van der Waals surface area contributed by atoms with Crippen LogP contribution in [-0.4, -0.2) is 6.04 Å². The van der Waals surface area contributed by atoms with Crippen LogP contribution >= 0.6 is 34.8 Å². The fourth-order valence-corrected chi connectivity index (χ4v) is 3.12. The van der Waals surface area contributed by atoms with Crippen LogP contribution in [0.15, 0.2) is 12.1 Å². The van der Waals surface area contributed by atoms with E-state index in [4.69, 9.17) is 34.8 Å². The van der Waals surface area contributed by atoms with Gasteiger partial charge in [-0.2, -0.15) is 0 Å². The summed E-state index contributed by atoms with van der Waals surface area (Å²) in [4.78, 5) is 0. The molecule has 2 rings (SSSR count).